The maximum absolute atomic E-state index is 13.1. The third-order valence-corrected chi connectivity index (χ3v) is 6.29. The number of amides is 2. The summed E-state index contributed by atoms with van der Waals surface area (Å²) in [6.45, 7) is 0.178. The van der Waals surface area contributed by atoms with E-state index in [0.717, 1.165) is 27.9 Å². The van der Waals surface area contributed by atoms with Gasteiger partial charge in [0, 0.05) is 29.5 Å². The molecule has 1 aromatic heterocycles. The highest BCUT2D eigenvalue weighted by atomic mass is 16.7. The highest BCUT2D eigenvalue weighted by Gasteiger charge is 2.24. The molecule has 1 heterocycles. The minimum Gasteiger partial charge on any atom is -0.456 e. The standard InChI is InChI=1S/C31H32N2O6/c1-37-21-38-20-27(18-26(31(35)33-36)12-7-10-22-8-3-2-4-9-22)32-30(34)24-16-14-23(15-17-24)29-19-25-11-5-6-13-28(25)39-29/h2-11,13-17,19,26-27,36H,12,18,20-21H2,1H3,(H,32,34)(H,33,35)/b10-7+. The Labute approximate surface area is 227 Å². The number of allylic oxidation sites excluding steroid dienone is 1. The van der Waals surface area contributed by atoms with Gasteiger partial charge in [0.05, 0.1) is 12.6 Å². The minimum absolute atomic E-state index is 0.0450. The lowest BCUT2D eigenvalue weighted by Gasteiger charge is -2.23. The third-order valence-electron chi connectivity index (χ3n) is 6.29. The van der Waals surface area contributed by atoms with Crippen molar-refractivity contribution in [2.24, 2.45) is 5.92 Å². The average Bonchev–Trinajstić information content (AvgIpc) is 3.41. The Morgan fingerprint density at radius 3 is 2.46 bits per heavy atom. The van der Waals surface area contributed by atoms with Crippen LogP contribution in [0, 0.1) is 5.92 Å². The van der Waals surface area contributed by atoms with E-state index in [1.807, 2.05) is 84.9 Å². The van der Waals surface area contributed by atoms with E-state index < -0.39 is 17.9 Å². The predicted molar refractivity (Wildman–Crippen MR) is 149 cm³/mol. The van der Waals surface area contributed by atoms with Gasteiger partial charge in [-0.3, -0.25) is 14.8 Å². The SMILES string of the molecule is COCOCC(CC(C/C=C/c1ccccc1)C(=O)NO)NC(=O)c1ccc(-c2cc3ccccc3o2)cc1. The smallest absolute Gasteiger partial charge is 0.251 e. The Balaban J connectivity index is 1.43. The van der Waals surface area contributed by atoms with Gasteiger partial charge in [-0.25, -0.2) is 5.48 Å². The molecule has 39 heavy (non-hydrogen) atoms. The molecule has 0 saturated heterocycles. The summed E-state index contributed by atoms with van der Waals surface area (Å²) < 4.78 is 16.4. The van der Waals surface area contributed by atoms with Crippen molar-refractivity contribution in [2.45, 2.75) is 18.9 Å². The molecule has 2 amide bonds. The molecule has 4 rings (SSSR count). The van der Waals surface area contributed by atoms with E-state index >= 15 is 0 Å². The lowest BCUT2D eigenvalue weighted by molar-refractivity contribution is -0.134. The van der Waals surface area contributed by atoms with Crippen LogP contribution >= 0.6 is 0 Å². The van der Waals surface area contributed by atoms with Crippen molar-refractivity contribution >= 4 is 28.9 Å². The van der Waals surface area contributed by atoms with Gasteiger partial charge in [0.25, 0.3) is 5.91 Å². The van der Waals surface area contributed by atoms with Crippen LogP contribution in [0.1, 0.15) is 28.8 Å². The van der Waals surface area contributed by atoms with Gasteiger partial charge in [0.2, 0.25) is 5.91 Å². The fourth-order valence-corrected chi connectivity index (χ4v) is 4.30. The normalized spacial score (nSPS) is 12.9. The van der Waals surface area contributed by atoms with Gasteiger partial charge in [-0.1, -0.05) is 72.8 Å². The van der Waals surface area contributed by atoms with Crippen LogP contribution in [0.3, 0.4) is 0 Å². The number of hydrogen-bond donors (Lipinski definition) is 3. The molecule has 0 bridgehead atoms. The second kappa shape index (κ2) is 14.1. The van der Waals surface area contributed by atoms with Crippen LogP contribution in [0.2, 0.25) is 0 Å². The number of methoxy groups -OCH3 is 1. The first-order valence-corrected chi connectivity index (χ1v) is 12.7. The van der Waals surface area contributed by atoms with Crippen LogP contribution in [0.15, 0.2) is 95.4 Å². The van der Waals surface area contributed by atoms with E-state index in [-0.39, 0.29) is 25.7 Å². The number of furan rings is 1. The Bertz CT molecular complexity index is 1350. The number of carbonyl (C=O) groups excluding carboxylic acids is 2. The Morgan fingerprint density at radius 1 is 1.00 bits per heavy atom. The number of benzene rings is 3. The fourth-order valence-electron chi connectivity index (χ4n) is 4.30. The molecule has 0 aliphatic rings. The topological polar surface area (TPSA) is 110 Å². The maximum atomic E-state index is 13.1. The molecule has 0 fully saturated rings. The first kappa shape index (κ1) is 27.8. The average molecular weight is 529 g/mol. The summed E-state index contributed by atoms with van der Waals surface area (Å²) in [7, 11) is 1.51. The predicted octanol–water partition coefficient (Wildman–Crippen LogP) is 5.43. The number of ether oxygens (including phenoxy) is 2. The lowest BCUT2D eigenvalue weighted by Crippen LogP contribution is -2.42. The lowest BCUT2D eigenvalue weighted by atomic mass is 9.95. The van der Waals surface area contributed by atoms with Crippen LogP contribution in [-0.4, -0.2) is 43.6 Å². The van der Waals surface area contributed by atoms with Crippen molar-refractivity contribution in [3.8, 4) is 11.3 Å². The number of hydrogen-bond acceptors (Lipinski definition) is 6. The summed E-state index contributed by atoms with van der Waals surface area (Å²) >= 11 is 0. The van der Waals surface area contributed by atoms with Gasteiger partial charge in [-0.2, -0.15) is 0 Å². The molecule has 0 radical (unpaired) electrons. The van der Waals surface area contributed by atoms with Gasteiger partial charge in [0.1, 0.15) is 18.1 Å². The van der Waals surface area contributed by atoms with E-state index in [0.29, 0.717) is 12.0 Å². The molecule has 0 saturated carbocycles. The summed E-state index contributed by atoms with van der Waals surface area (Å²) in [5, 5.41) is 13.3. The first-order chi connectivity index (χ1) is 19.1. The Morgan fingerprint density at radius 2 is 1.74 bits per heavy atom. The Hall–Kier alpha value is -4.24. The monoisotopic (exact) mass is 528 g/mol. The quantitative estimate of drug-likeness (QED) is 0.0923. The number of rotatable bonds is 13. The molecule has 0 spiro atoms. The van der Waals surface area contributed by atoms with Crippen molar-refractivity contribution in [2.75, 3.05) is 20.5 Å². The molecule has 4 aromatic rings. The maximum Gasteiger partial charge on any atom is 0.251 e. The Kier molecular flexibility index (Phi) is 10.0. The fraction of sp³-hybridized carbons (Fsp3) is 0.226. The van der Waals surface area contributed by atoms with Crippen LogP contribution < -0.4 is 10.8 Å². The second-order valence-electron chi connectivity index (χ2n) is 9.13. The number of para-hydroxylation sites is 1. The summed E-state index contributed by atoms with van der Waals surface area (Å²) in [6.07, 6.45) is 4.40. The van der Waals surface area contributed by atoms with Crippen molar-refractivity contribution < 1.29 is 28.7 Å². The summed E-state index contributed by atoms with van der Waals surface area (Å²) in [6, 6.07) is 26.1. The van der Waals surface area contributed by atoms with Crippen LogP contribution in [0.25, 0.3) is 28.4 Å². The number of carbonyl (C=O) groups is 2. The first-order valence-electron chi connectivity index (χ1n) is 12.7. The summed E-state index contributed by atoms with van der Waals surface area (Å²) in [5.41, 5.74) is 4.85. The van der Waals surface area contributed by atoms with Gasteiger partial charge >= 0.3 is 0 Å². The molecular weight excluding hydrogens is 496 g/mol. The molecule has 2 unspecified atom stereocenters. The zero-order valence-electron chi connectivity index (χ0n) is 21.7. The van der Waals surface area contributed by atoms with Crippen molar-refractivity contribution in [1.29, 1.82) is 0 Å². The third kappa shape index (κ3) is 7.87. The zero-order valence-corrected chi connectivity index (χ0v) is 21.7. The minimum atomic E-state index is -0.595. The largest absolute Gasteiger partial charge is 0.456 e. The van der Waals surface area contributed by atoms with E-state index in [1.54, 1.807) is 17.6 Å². The van der Waals surface area contributed by atoms with E-state index in [1.165, 1.54) is 7.11 Å². The number of fused-ring (bicyclic) bond motifs is 1. The second-order valence-corrected chi connectivity index (χ2v) is 9.13. The zero-order chi connectivity index (χ0) is 27.5. The molecule has 0 aliphatic heterocycles. The van der Waals surface area contributed by atoms with E-state index in [4.69, 9.17) is 13.9 Å². The van der Waals surface area contributed by atoms with E-state index in [2.05, 4.69) is 5.32 Å². The van der Waals surface area contributed by atoms with Crippen LogP contribution in [-0.2, 0) is 14.3 Å². The van der Waals surface area contributed by atoms with Gasteiger partial charge in [-0.05, 0) is 42.7 Å². The van der Waals surface area contributed by atoms with Crippen molar-refractivity contribution in [1.82, 2.24) is 10.8 Å². The van der Waals surface area contributed by atoms with Crippen molar-refractivity contribution in [3.63, 3.8) is 0 Å². The van der Waals surface area contributed by atoms with Crippen LogP contribution in [0.5, 0.6) is 0 Å². The highest BCUT2D eigenvalue weighted by molar-refractivity contribution is 5.95. The van der Waals surface area contributed by atoms with Gasteiger partial charge < -0.3 is 19.2 Å². The molecular formula is C31H32N2O6. The molecule has 2 atom stereocenters. The summed E-state index contributed by atoms with van der Waals surface area (Å²) in [5.74, 6) is -0.716. The molecule has 8 heteroatoms. The molecule has 0 aliphatic carbocycles. The molecule has 8 nitrogen and oxygen atoms in total. The summed E-state index contributed by atoms with van der Waals surface area (Å²) in [4.78, 5) is 25.5. The molecule has 202 valence electrons. The number of hydroxylamine groups is 1. The van der Waals surface area contributed by atoms with E-state index in [9.17, 15) is 14.8 Å². The van der Waals surface area contributed by atoms with Crippen LogP contribution in [0.4, 0.5) is 0 Å². The molecule has 3 N–H and O–H groups in total. The molecule has 3 aromatic carbocycles. The van der Waals surface area contributed by atoms with Crippen molar-refractivity contribution in [3.05, 3.63) is 102 Å². The highest BCUT2D eigenvalue weighted by Crippen LogP contribution is 2.28. The van der Waals surface area contributed by atoms with Gasteiger partial charge in [0.15, 0.2) is 0 Å². The van der Waals surface area contributed by atoms with Gasteiger partial charge in [-0.15, -0.1) is 0 Å². The number of nitrogens with one attached hydrogen (secondary N) is 2.